The molecule has 2 heterocycles. The van der Waals surface area contributed by atoms with Crippen molar-refractivity contribution in [3.63, 3.8) is 0 Å². The van der Waals surface area contributed by atoms with Gasteiger partial charge in [0.15, 0.2) is 0 Å². The Morgan fingerprint density at radius 1 is 1.13 bits per heavy atom. The van der Waals surface area contributed by atoms with Gasteiger partial charge in [-0.1, -0.05) is 24.3 Å². The predicted molar refractivity (Wildman–Crippen MR) is 120 cm³/mol. The van der Waals surface area contributed by atoms with Gasteiger partial charge in [0.05, 0.1) is 11.7 Å². The van der Waals surface area contributed by atoms with E-state index < -0.39 is 0 Å². The van der Waals surface area contributed by atoms with Crippen LogP contribution in [0.25, 0.3) is 0 Å². The molecular weight excluding hydrogens is 396 g/mol. The minimum Gasteiger partial charge on any atom is -0.377 e. The summed E-state index contributed by atoms with van der Waals surface area (Å²) in [6.07, 6.45) is 5.16. The minimum absolute atomic E-state index is 0.114. The summed E-state index contributed by atoms with van der Waals surface area (Å²) < 4.78 is 5.70. The van der Waals surface area contributed by atoms with Gasteiger partial charge in [-0.2, -0.15) is 0 Å². The first kappa shape index (κ1) is 20.9. The van der Waals surface area contributed by atoms with Gasteiger partial charge in [0, 0.05) is 42.5 Å². The standard InChI is InChI=1S/C24H28N2O3S/c27-23-12-3-4-13-26(23)16-18-7-5-8-19(15-18)25-24(28)21-10-1-2-11-22(21)30-17-20-9-6-14-29-20/h1-2,5,7-8,10-11,15,20H,3-4,6,9,12-14,16-17H2,(H,25,28). The van der Waals surface area contributed by atoms with Gasteiger partial charge < -0.3 is 15.0 Å². The second-order valence-electron chi connectivity index (χ2n) is 7.87. The van der Waals surface area contributed by atoms with E-state index in [-0.39, 0.29) is 17.9 Å². The molecule has 0 aliphatic carbocycles. The lowest BCUT2D eigenvalue weighted by molar-refractivity contribution is -0.133. The Morgan fingerprint density at radius 3 is 2.87 bits per heavy atom. The third kappa shape index (κ3) is 5.43. The average Bonchev–Trinajstić information content (AvgIpc) is 3.28. The molecule has 0 spiro atoms. The van der Waals surface area contributed by atoms with Gasteiger partial charge in [0.2, 0.25) is 5.91 Å². The lowest BCUT2D eigenvalue weighted by Crippen LogP contribution is -2.34. The number of likely N-dealkylation sites (tertiary alicyclic amines) is 1. The number of carbonyl (C=O) groups is 2. The van der Waals surface area contributed by atoms with Crippen molar-refractivity contribution >= 4 is 29.3 Å². The van der Waals surface area contributed by atoms with E-state index in [1.165, 1.54) is 0 Å². The molecule has 0 saturated carbocycles. The Kier molecular flexibility index (Phi) is 7.07. The van der Waals surface area contributed by atoms with E-state index in [2.05, 4.69) is 5.32 Å². The van der Waals surface area contributed by atoms with E-state index in [1.54, 1.807) is 11.8 Å². The molecule has 6 heteroatoms. The summed E-state index contributed by atoms with van der Waals surface area (Å²) >= 11 is 1.68. The van der Waals surface area contributed by atoms with Crippen molar-refractivity contribution in [1.29, 1.82) is 0 Å². The molecule has 158 valence electrons. The second kappa shape index (κ2) is 10.1. The first-order valence-corrected chi connectivity index (χ1v) is 11.7. The maximum absolute atomic E-state index is 13.0. The highest BCUT2D eigenvalue weighted by Gasteiger charge is 2.19. The van der Waals surface area contributed by atoms with Crippen LogP contribution in [0.1, 0.15) is 48.0 Å². The first-order chi connectivity index (χ1) is 14.7. The fraction of sp³-hybridized carbons (Fsp3) is 0.417. The van der Waals surface area contributed by atoms with Crippen LogP contribution in [0.15, 0.2) is 53.4 Å². The highest BCUT2D eigenvalue weighted by atomic mass is 32.2. The molecule has 2 fully saturated rings. The SMILES string of the molecule is O=C(Nc1cccc(CN2CCCCC2=O)c1)c1ccccc1SCC1CCCO1. The molecule has 30 heavy (non-hydrogen) atoms. The normalized spacial score (nSPS) is 19.1. The first-order valence-electron chi connectivity index (χ1n) is 10.7. The fourth-order valence-electron chi connectivity index (χ4n) is 3.93. The number of anilines is 1. The largest absolute Gasteiger partial charge is 0.377 e. The Hall–Kier alpha value is -2.31. The van der Waals surface area contributed by atoms with Crippen LogP contribution in [0.4, 0.5) is 5.69 Å². The van der Waals surface area contributed by atoms with E-state index in [9.17, 15) is 9.59 Å². The van der Waals surface area contributed by atoms with Gasteiger partial charge in [-0.3, -0.25) is 9.59 Å². The molecule has 1 atom stereocenters. The number of nitrogens with zero attached hydrogens (tertiary/aromatic N) is 1. The predicted octanol–water partition coefficient (Wildman–Crippen LogP) is 4.72. The lowest BCUT2D eigenvalue weighted by Gasteiger charge is -2.26. The number of thioether (sulfide) groups is 1. The van der Waals surface area contributed by atoms with Crippen molar-refractivity contribution in [2.24, 2.45) is 0 Å². The van der Waals surface area contributed by atoms with Crippen LogP contribution in [0.5, 0.6) is 0 Å². The number of amides is 2. The number of ether oxygens (including phenoxy) is 1. The van der Waals surface area contributed by atoms with Gasteiger partial charge in [-0.05, 0) is 55.5 Å². The number of hydrogen-bond acceptors (Lipinski definition) is 4. The van der Waals surface area contributed by atoms with Crippen molar-refractivity contribution in [2.75, 3.05) is 24.2 Å². The Balaban J connectivity index is 1.40. The number of piperidine rings is 1. The van der Waals surface area contributed by atoms with E-state index in [0.717, 1.165) is 60.7 Å². The Morgan fingerprint density at radius 2 is 2.03 bits per heavy atom. The topological polar surface area (TPSA) is 58.6 Å². The van der Waals surface area contributed by atoms with Gasteiger partial charge in [0.1, 0.15) is 0 Å². The quantitative estimate of drug-likeness (QED) is 0.653. The molecule has 2 aromatic rings. The van der Waals surface area contributed by atoms with Crippen molar-refractivity contribution in [3.8, 4) is 0 Å². The summed E-state index contributed by atoms with van der Waals surface area (Å²) in [5.41, 5.74) is 2.46. The molecule has 2 aliphatic rings. The zero-order valence-corrected chi connectivity index (χ0v) is 18.0. The number of benzene rings is 2. The molecule has 1 N–H and O–H groups in total. The van der Waals surface area contributed by atoms with Crippen molar-refractivity contribution in [2.45, 2.75) is 49.6 Å². The van der Waals surface area contributed by atoms with E-state index >= 15 is 0 Å². The second-order valence-corrected chi connectivity index (χ2v) is 8.93. The monoisotopic (exact) mass is 424 g/mol. The van der Waals surface area contributed by atoms with Crippen LogP contribution in [-0.2, 0) is 16.1 Å². The maximum Gasteiger partial charge on any atom is 0.256 e. The number of hydrogen-bond donors (Lipinski definition) is 1. The highest BCUT2D eigenvalue weighted by Crippen LogP contribution is 2.27. The molecule has 2 saturated heterocycles. The Bertz CT molecular complexity index is 896. The molecule has 0 bridgehead atoms. The summed E-state index contributed by atoms with van der Waals surface area (Å²) in [5.74, 6) is 0.966. The smallest absolute Gasteiger partial charge is 0.256 e. The zero-order chi connectivity index (χ0) is 20.8. The molecule has 1 unspecified atom stereocenters. The minimum atomic E-state index is -0.114. The molecule has 0 radical (unpaired) electrons. The maximum atomic E-state index is 13.0. The summed E-state index contributed by atoms with van der Waals surface area (Å²) in [6.45, 7) is 2.24. The molecule has 0 aromatic heterocycles. The summed E-state index contributed by atoms with van der Waals surface area (Å²) in [5, 5.41) is 3.03. The number of rotatable bonds is 7. The number of nitrogens with one attached hydrogen (secondary N) is 1. The van der Waals surface area contributed by atoms with Gasteiger partial charge in [-0.15, -0.1) is 11.8 Å². The molecule has 2 amide bonds. The van der Waals surface area contributed by atoms with Crippen LogP contribution >= 0.6 is 11.8 Å². The van der Waals surface area contributed by atoms with E-state index in [4.69, 9.17) is 4.74 Å². The zero-order valence-electron chi connectivity index (χ0n) is 17.1. The average molecular weight is 425 g/mol. The number of carbonyl (C=O) groups excluding carboxylic acids is 2. The summed E-state index contributed by atoms with van der Waals surface area (Å²) in [4.78, 5) is 27.9. The van der Waals surface area contributed by atoms with Crippen molar-refractivity contribution in [3.05, 3.63) is 59.7 Å². The van der Waals surface area contributed by atoms with E-state index in [0.29, 0.717) is 18.5 Å². The molecular formula is C24H28N2O3S. The summed E-state index contributed by atoms with van der Waals surface area (Å²) in [6, 6.07) is 15.5. The molecule has 5 nitrogen and oxygen atoms in total. The van der Waals surface area contributed by atoms with Crippen LogP contribution < -0.4 is 5.32 Å². The molecule has 2 aromatic carbocycles. The molecule has 4 rings (SSSR count). The van der Waals surface area contributed by atoms with Crippen LogP contribution in [0.3, 0.4) is 0 Å². The Labute approximate surface area is 182 Å². The van der Waals surface area contributed by atoms with Crippen molar-refractivity contribution < 1.29 is 14.3 Å². The van der Waals surface area contributed by atoms with Crippen LogP contribution in [-0.4, -0.2) is 41.7 Å². The van der Waals surface area contributed by atoms with Crippen LogP contribution in [0.2, 0.25) is 0 Å². The van der Waals surface area contributed by atoms with Gasteiger partial charge >= 0.3 is 0 Å². The molecule has 2 aliphatic heterocycles. The van der Waals surface area contributed by atoms with Gasteiger partial charge in [-0.25, -0.2) is 0 Å². The summed E-state index contributed by atoms with van der Waals surface area (Å²) in [7, 11) is 0. The third-order valence-electron chi connectivity index (χ3n) is 5.56. The lowest BCUT2D eigenvalue weighted by atomic mass is 10.1. The van der Waals surface area contributed by atoms with E-state index in [1.807, 2.05) is 53.4 Å². The van der Waals surface area contributed by atoms with Crippen LogP contribution in [0, 0.1) is 0 Å². The fourth-order valence-corrected chi connectivity index (χ4v) is 5.05. The van der Waals surface area contributed by atoms with Crippen molar-refractivity contribution in [1.82, 2.24) is 4.90 Å². The third-order valence-corrected chi connectivity index (χ3v) is 6.77. The van der Waals surface area contributed by atoms with Gasteiger partial charge in [0.25, 0.3) is 5.91 Å². The highest BCUT2D eigenvalue weighted by molar-refractivity contribution is 7.99.